The van der Waals surface area contributed by atoms with E-state index in [2.05, 4.69) is 32.2 Å². The number of carboxylic acids is 3. The van der Waals surface area contributed by atoms with Gasteiger partial charge in [0.2, 0.25) is 5.95 Å². The van der Waals surface area contributed by atoms with Gasteiger partial charge in [-0.05, 0) is 31.7 Å². The van der Waals surface area contributed by atoms with Crippen molar-refractivity contribution in [2.75, 3.05) is 57.4 Å². The zero-order valence-corrected chi connectivity index (χ0v) is 27.5. The number of aromatic nitrogens is 4. The summed E-state index contributed by atoms with van der Waals surface area (Å²) in [6, 6.07) is 0. The maximum Gasteiger partial charge on any atom is 0.490 e. The largest absolute Gasteiger partial charge is 0.490 e. The van der Waals surface area contributed by atoms with Gasteiger partial charge in [0.25, 0.3) is 0 Å². The fourth-order valence-corrected chi connectivity index (χ4v) is 5.71. The minimum absolute atomic E-state index is 0.106. The van der Waals surface area contributed by atoms with Crippen molar-refractivity contribution < 1.29 is 74.0 Å². The molecule has 23 heteroatoms. The quantitative estimate of drug-likeness (QED) is 0.379. The number of morpholine rings is 1. The van der Waals surface area contributed by atoms with E-state index >= 15 is 0 Å². The van der Waals surface area contributed by atoms with Crippen LogP contribution in [0.1, 0.15) is 36.1 Å². The van der Waals surface area contributed by atoms with Crippen LogP contribution in [0, 0.1) is 5.92 Å². The normalized spacial score (nSPS) is 20.8. The summed E-state index contributed by atoms with van der Waals surface area (Å²) in [7, 11) is 1.99. The molecule has 1 unspecified atom stereocenters. The molecule has 292 valence electrons. The standard InChI is InChI=1S/C23H33N7O.3C2HF3O2/c1-27-12-19(10-25-27)14-29-15-20-11-24-22(30-6-8-31-9-7-30)26-21(20)23(17-29)4-5-28(16-23)13-18-2-3-18;3*3-2(4,5)1(6)7/h10-12,18H,2-9,13-17H2,1H3;3*(H,6,7). The first-order chi connectivity index (χ1) is 24.0. The van der Waals surface area contributed by atoms with E-state index in [-0.39, 0.29) is 5.41 Å². The highest BCUT2D eigenvalue weighted by molar-refractivity contribution is 5.73. The number of carbonyl (C=O) groups is 3. The Kier molecular flexibility index (Phi) is 13.8. The molecule has 2 aromatic heterocycles. The van der Waals surface area contributed by atoms with Gasteiger partial charge in [-0.2, -0.15) is 44.6 Å². The predicted octanol–water partition coefficient (Wildman–Crippen LogP) is 3.32. The third-order valence-corrected chi connectivity index (χ3v) is 8.11. The Labute approximate surface area is 289 Å². The van der Waals surface area contributed by atoms with Gasteiger partial charge in [-0.3, -0.25) is 9.58 Å². The summed E-state index contributed by atoms with van der Waals surface area (Å²) in [6.45, 7) is 9.78. The van der Waals surface area contributed by atoms with Crippen molar-refractivity contribution >= 4 is 23.9 Å². The van der Waals surface area contributed by atoms with Crippen LogP contribution < -0.4 is 4.90 Å². The summed E-state index contributed by atoms with van der Waals surface area (Å²) in [4.78, 5) is 44.3. The number of aryl methyl sites for hydroxylation is 1. The summed E-state index contributed by atoms with van der Waals surface area (Å²) in [5, 5.41) is 25.7. The number of aliphatic carboxylic acids is 3. The Morgan fingerprint density at radius 3 is 1.83 bits per heavy atom. The highest BCUT2D eigenvalue weighted by Crippen LogP contribution is 2.42. The average Bonchev–Trinajstić information content (AvgIpc) is 3.63. The van der Waals surface area contributed by atoms with Crippen LogP contribution in [0.4, 0.5) is 45.5 Å². The Morgan fingerprint density at radius 2 is 1.37 bits per heavy atom. The van der Waals surface area contributed by atoms with Crippen LogP contribution in [-0.4, -0.2) is 134 Å². The first-order valence-corrected chi connectivity index (χ1v) is 15.5. The molecule has 3 fully saturated rings. The van der Waals surface area contributed by atoms with E-state index < -0.39 is 36.4 Å². The van der Waals surface area contributed by atoms with Crippen LogP contribution in [0.3, 0.4) is 0 Å². The number of likely N-dealkylation sites (tertiary alicyclic amines) is 1. The Morgan fingerprint density at radius 1 is 0.846 bits per heavy atom. The Bertz CT molecular complexity index is 1470. The first kappa shape index (κ1) is 42.2. The molecule has 0 bridgehead atoms. The summed E-state index contributed by atoms with van der Waals surface area (Å²) in [5.74, 6) is -6.45. The number of hydrogen-bond acceptors (Lipinski definition) is 10. The van der Waals surface area contributed by atoms with E-state index in [1.807, 2.05) is 17.9 Å². The Hall–Kier alpha value is -4.25. The first-order valence-electron chi connectivity index (χ1n) is 15.5. The molecule has 0 radical (unpaired) electrons. The number of anilines is 1. The summed E-state index contributed by atoms with van der Waals surface area (Å²) in [5.41, 5.74) is 4.00. The van der Waals surface area contributed by atoms with Crippen molar-refractivity contribution in [1.29, 1.82) is 0 Å². The van der Waals surface area contributed by atoms with Gasteiger partial charge in [-0.1, -0.05) is 0 Å². The number of rotatable bonds is 5. The third-order valence-electron chi connectivity index (χ3n) is 8.11. The number of carboxylic acid groups (broad SMARTS) is 3. The Balaban J connectivity index is 0.000000285. The van der Waals surface area contributed by atoms with Gasteiger partial charge < -0.3 is 29.9 Å². The summed E-state index contributed by atoms with van der Waals surface area (Å²) in [6.07, 6.45) is -5.00. The van der Waals surface area contributed by atoms with Crippen LogP contribution in [0.5, 0.6) is 0 Å². The number of ether oxygens (including phenoxy) is 1. The van der Waals surface area contributed by atoms with Crippen LogP contribution in [0.15, 0.2) is 18.6 Å². The van der Waals surface area contributed by atoms with E-state index in [0.29, 0.717) is 0 Å². The molecule has 14 nitrogen and oxygen atoms in total. The van der Waals surface area contributed by atoms with Gasteiger partial charge >= 0.3 is 36.4 Å². The van der Waals surface area contributed by atoms with E-state index in [4.69, 9.17) is 44.4 Å². The lowest BCUT2D eigenvalue weighted by molar-refractivity contribution is -0.193. The molecule has 0 aromatic carbocycles. The van der Waals surface area contributed by atoms with Crippen LogP contribution in [-0.2, 0) is 44.7 Å². The van der Waals surface area contributed by atoms with E-state index in [1.165, 1.54) is 49.2 Å². The maximum atomic E-state index is 10.6. The molecule has 3 aliphatic heterocycles. The molecule has 3 N–H and O–H groups in total. The van der Waals surface area contributed by atoms with Crippen molar-refractivity contribution in [3.05, 3.63) is 35.4 Å². The van der Waals surface area contributed by atoms with Crippen molar-refractivity contribution in [3.8, 4) is 0 Å². The lowest BCUT2D eigenvalue weighted by Gasteiger charge is -2.41. The molecule has 52 heavy (non-hydrogen) atoms. The summed E-state index contributed by atoms with van der Waals surface area (Å²) >= 11 is 0. The monoisotopic (exact) mass is 765 g/mol. The second-order valence-corrected chi connectivity index (χ2v) is 12.4. The molecule has 1 spiro atoms. The van der Waals surface area contributed by atoms with Crippen LogP contribution >= 0.6 is 0 Å². The molecule has 2 saturated heterocycles. The molecule has 1 aliphatic carbocycles. The van der Waals surface area contributed by atoms with Gasteiger partial charge in [0.15, 0.2) is 0 Å². The molecule has 6 rings (SSSR count). The van der Waals surface area contributed by atoms with Crippen molar-refractivity contribution in [2.24, 2.45) is 13.0 Å². The lowest BCUT2D eigenvalue weighted by Crippen LogP contribution is -2.48. The molecular weight excluding hydrogens is 729 g/mol. The van der Waals surface area contributed by atoms with Crippen molar-refractivity contribution in [2.45, 2.75) is 56.3 Å². The average molecular weight is 766 g/mol. The van der Waals surface area contributed by atoms with Gasteiger partial charge in [0.1, 0.15) is 0 Å². The fourth-order valence-electron chi connectivity index (χ4n) is 5.71. The van der Waals surface area contributed by atoms with Crippen LogP contribution in [0.25, 0.3) is 0 Å². The zero-order chi connectivity index (χ0) is 39.1. The second kappa shape index (κ2) is 17.1. The third kappa shape index (κ3) is 12.8. The van der Waals surface area contributed by atoms with Crippen molar-refractivity contribution in [1.82, 2.24) is 29.5 Å². The number of alkyl halides is 9. The van der Waals surface area contributed by atoms with E-state index in [0.717, 1.165) is 64.3 Å². The number of nitrogens with zero attached hydrogens (tertiary/aromatic N) is 7. The number of hydrogen-bond donors (Lipinski definition) is 3. The highest BCUT2D eigenvalue weighted by atomic mass is 19.4. The molecule has 1 atom stereocenters. The zero-order valence-electron chi connectivity index (χ0n) is 27.5. The molecular formula is C29H36F9N7O7. The highest BCUT2D eigenvalue weighted by Gasteiger charge is 2.47. The number of fused-ring (bicyclic) bond motifs is 2. The van der Waals surface area contributed by atoms with Gasteiger partial charge in [-0.25, -0.2) is 24.4 Å². The van der Waals surface area contributed by atoms with Gasteiger partial charge in [0.05, 0.1) is 25.1 Å². The lowest BCUT2D eigenvalue weighted by atomic mass is 9.78. The number of halogens is 9. The summed E-state index contributed by atoms with van der Waals surface area (Å²) < 4.78 is 103. The maximum absolute atomic E-state index is 10.6. The smallest absolute Gasteiger partial charge is 0.475 e. The van der Waals surface area contributed by atoms with Crippen molar-refractivity contribution in [3.63, 3.8) is 0 Å². The second-order valence-electron chi connectivity index (χ2n) is 12.4. The molecule has 1 saturated carbocycles. The predicted molar refractivity (Wildman–Crippen MR) is 159 cm³/mol. The molecule has 5 heterocycles. The molecule has 4 aliphatic rings. The van der Waals surface area contributed by atoms with Crippen LogP contribution in [0.2, 0.25) is 0 Å². The minimum atomic E-state index is -5.08. The van der Waals surface area contributed by atoms with E-state index in [1.54, 1.807) is 0 Å². The van der Waals surface area contributed by atoms with Gasteiger partial charge in [-0.15, -0.1) is 0 Å². The topological polar surface area (TPSA) is 174 Å². The fraction of sp³-hybridized carbons (Fsp3) is 0.655. The molecule has 2 aromatic rings. The van der Waals surface area contributed by atoms with Gasteiger partial charge in [0, 0.05) is 81.8 Å². The minimum Gasteiger partial charge on any atom is -0.475 e. The molecule has 0 amide bonds. The van der Waals surface area contributed by atoms with E-state index in [9.17, 15) is 39.5 Å². The SMILES string of the molecule is Cn1cc(CN2Cc3cnc(N4CCOCC4)nc3C3(CCN(CC4CC4)C3)C2)cn1.O=C(O)C(F)(F)F.O=C(O)C(F)(F)F.O=C(O)C(F)(F)F.